The topological polar surface area (TPSA) is 34.0 Å². The Bertz CT molecular complexity index is 1480. The number of benzene rings is 4. The highest BCUT2D eigenvalue weighted by Gasteiger charge is 2.15. The molecular weight excluding hydrogens is 418 g/mol. The van der Waals surface area contributed by atoms with Crippen LogP contribution in [0.3, 0.4) is 0 Å². The Labute approximate surface area is 190 Å². The molecule has 0 radical (unpaired) electrons. The molecule has 0 aliphatic carbocycles. The van der Waals surface area contributed by atoms with Crippen LogP contribution in [0.1, 0.15) is 34.5 Å². The molecule has 33 heavy (non-hydrogen) atoms. The molecule has 0 saturated carbocycles. The summed E-state index contributed by atoms with van der Waals surface area (Å²) < 4.78 is 29.1. The summed E-state index contributed by atoms with van der Waals surface area (Å²) in [7, 11) is 0. The van der Waals surface area contributed by atoms with Gasteiger partial charge >= 0.3 is 0 Å². The lowest BCUT2D eigenvalue weighted by Crippen LogP contribution is -2.26. The third-order valence-electron chi connectivity index (χ3n) is 6.03. The second-order valence-electron chi connectivity index (χ2n) is 8.22. The number of carbonyl (C=O) groups is 1. The molecule has 0 bridgehead atoms. The zero-order valence-electron chi connectivity index (χ0n) is 18.1. The smallest absolute Gasteiger partial charge is 0.251 e. The van der Waals surface area contributed by atoms with Crippen molar-refractivity contribution in [2.45, 2.75) is 19.5 Å². The van der Waals surface area contributed by atoms with Crippen LogP contribution in [-0.4, -0.2) is 10.5 Å². The first-order valence-corrected chi connectivity index (χ1v) is 10.8. The van der Waals surface area contributed by atoms with E-state index in [0.717, 1.165) is 33.3 Å². The zero-order valence-corrected chi connectivity index (χ0v) is 18.1. The van der Waals surface area contributed by atoms with Gasteiger partial charge in [-0.2, -0.15) is 0 Å². The molecule has 5 heteroatoms. The van der Waals surface area contributed by atoms with Crippen molar-refractivity contribution in [1.29, 1.82) is 0 Å². The van der Waals surface area contributed by atoms with Crippen LogP contribution < -0.4 is 5.32 Å². The highest BCUT2D eigenvalue weighted by Crippen LogP contribution is 2.25. The van der Waals surface area contributed by atoms with Gasteiger partial charge in [-0.25, -0.2) is 8.78 Å². The van der Waals surface area contributed by atoms with Crippen LogP contribution in [0, 0.1) is 11.6 Å². The van der Waals surface area contributed by atoms with Crippen LogP contribution in [-0.2, 0) is 6.54 Å². The van der Waals surface area contributed by atoms with Crippen molar-refractivity contribution in [1.82, 2.24) is 9.88 Å². The molecule has 1 unspecified atom stereocenters. The average Bonchev–Trinajstić information content (AvgIpc) is 3.22. The van der Waals surface area contributed by atoms with Crippen molar-refractivity contribution in [3.8, 4) is 0 Å². The van der Waals surface area contributed by atoms with Gasteiger partial charge in [-0.3, -0.25) is 4.79 Å². The zero-order chi connectivity index (χ0) is 22.9. The molecule has 0 aliphatic heterocycles. The monoisotopic (exact) mass is 440 g/mol. The Hall–Kier alpha value is -3.99. The van der Waals surface area contributed by atoms with E-state index in [1.165, 1.54) is 12.1 Å². The Kier molecular flexibility index (Phi) is 5.38. The first-order chi connectivity index (χ1) is 16.0. The lowest BCUT2D eigenvalue weighted by atomic mass is 9.99. The molecular formula is C28H22F2N2O. The Balaban J connectivity index is 1.37. The van der Waals surface area contributed by atoms with Gasteiger partial charge in [-0.1, -0.05) is 48.5 Å². The number of carbonyl (C=O) groups excluding carboxylic acids is 1. The van der Waals surface area contributed by atoms with Crippen LogP contribution in [0.15, 0.2) is 91.1 Å². The van der Waals surface area contributed by atoms with Crippen molar-refractivity contribution in [3.63, 3.8) is 0 Å². The number of nitrogens with zero attached hydrogens (tertiary/aromatic N) is 1. The minimum Gasteiger partial charge on any atom is -0.345 e. The highest BCUT2D eigenvalue weighted by molar-refractivity contribution is 5.98. The number of hydrogen-bond acceptors (Lipinski definition) is 1. The maximum absolute atomic E-state index is 14.1. The van der Waals surface area contributed by atoms with E-state index in [2.05, 4.69) is 23.5 Å². The van der Waals surface area contributed by atoms with Crippen molar-refractivity contribution < 1.29 is 13.6 Å². The second kappa shape index (κ2) is 8.51. The first kappa shape index (κ1) is 20.9. The van der Waals surface area contributed by atoms with Crippen LogP contribution in [0.2, 0.25) is 0 Å². The predicted molar refractivity (Wildman–Crippen MR) is 127 cm³/mol. The molecule has 0 aliphatic rings. The predicted octanol–water partition coefficient (Wildman–Crippen LogP) is 6.61. The summed E-state index contributed by atoms with van der Waals surface area (Å²) in [6.07, 6.45) is 1.84. The minimum atomic E-state index is -0.595. The summed E-state index contributed by atoms with van der Waals surface area (Å²) in [5.74, 6) is -1.33. The average molecular weight is 440 g/mol. The molecule has 3 nitrogen and oxygen atoms in total. The number of aromatic nitrogens is 1. The number of nitrogens with one attached hydrogen (secondary N) is 1. The third-order valence-corrected chi connectivity index (χ3v) is 6.03. The van der Waals surface area contributed by atoms with Crippen molar-refractivity contribution in [2.75, 3.05) is 0 Å². The van der Waals surface area contributed by atoms with Gasteiger partial charge < -0.3 is 9.88 Å². The fraction of sp³-hybridized carbons (Fsp3) is 0.107. The SMILES string of the molecule is CC(NC(=O)c1ccc2c(ccn2Cc2ccc(F)cc2F)c1)c1cccc2ccccc12. The molecule has 5 rings (SSSR count). The van der Waals surface area contributed by atoms with E-state index in [1.54, 1.807) is 6.07 Å². The van der Waals surface area contributed by atoms with Gasteiger partial charge in [-0.05, 0) is 53.6 Å². The quantitative estimate of drug-likeness (QED) is 0.328. The normalized spacial score (nSPS) is 12.2. The summed E-state index contributed by atoms with van der Waals surface area (Å²) in [5.41, 5.74) is 2.90. The van der Waals surface area contributed by atoms with Gasteiger partial charge in [0.1, 0.15) is 11.6 Å². The van der Waals surface area contributed by atoms with Gasteiger partial charge in [0.25, 0.3) is 5.91 Å². The summed E-state index contributed by atoms with van der Waals surface area (Å²) in [6.45, 7) is 2.26. The lowest BCUT2D eigenvalue weighted by Gasteiger charge is -2.17. The Morgan fingerprint density at radius 2 is 1.73 bits per heavy atom. The van der Waals surface area contributed by atoms with E-state index in [1.807, 2.05) is 60.2 Å². The molecule has 0 saturated heterocycles. The molecule has 0 spiro atoms. The fourth-order valence-corrected chi connectivity index (χ4v) is 4.30. The van der Waals surface area contributed by atoms with Crippen LogP contribution in [0.25, 0.3) is 21.7 Å². The Morgan fingerprint density at radius 3 is 2.58 bits per heavy atom. The summed E-state index contributed by atoms with van der Waals surface area (Å²) >= 11 is 0. The second-order valence-corrected chi connectivity index (χ2v) is 8.22. The van der Waals surface area contributed by atoms with E-state index in [9.17, 15) is 13.6 Å². The third kappa shape index (κ3) is 4.10. The molecule has 5 aromatic rings. The van der Waals surface area contributed by atoms with Gasteiger partial charge in [0.2, 0.25) is 0 Å². The van der Waals surface area contributed by atoms with E-state index < -0.39 is 11.6 Å². The van der Waals surface area contributed by atoms with E-state index in [0.29, 0.717) is 11.1 Å². The number of amides is 1. The molecule has 1 amide bonds. The molecule has 1 heterocycles. The van der Waals surface area contributed by atoms with Crippen LogP contribution >= 0.6 is 0 Å². The summed E-state index contributed by atoms with van der Waals surface area (Å²) in [6, 6.07) is 25.0. The van der Waals surface area contributed by atoms with Gasteiger partial charge in [-0.15, -0.1) is 0 Å². The number of fused-ring (bicyclic) bond motifs is 2. The standard InChI is InChI=1S/C28H22F2N2O/c1-18(24-8-4-6-19-5-2-3-7-25(19)24)31-28(33)21-10-12-27-20(15-21)13-14-32(27)17-22-9-11-23(29)16-26(22)30/h2-16,18H,17H2,1H3,(H,31,33). The highest BCUT2D eigenvalue weighted by atomic mass is 19.1. The molecule has 164 valence electrons. The van der Waals surface area contributed by atoms with E-state index >= 15 is 0 Å². The van der Waals surface area contributed by atoms with Gasteiger partial charge in [0, 0.05) is 34.3 Å². The molecule has 1 N–H and O–H groups in total. The largest absolute Gasteiger partial charge is 0.345 e. The van der Waals surface area contributed by atoms with Gasteiger partial charge in [0.15, 0.2) is 0 Å². The number of halogens is 2. The van der Waals surface area contributed by atoms with Crippen molar-refractivity contribution >= 4 is 27.6 Å². The Morgan fingerprint density at radius 1 is 0.909 bits per heavy atom. The maximum atomic E-state index is 14.1. The van der Waals surface area contributed by atoms with Crippen molar-refractivity contribution in [2.24, 2.45) is 0 Å². The lowest BCUT2D eigenvalue weighted by molar-refractivity contribution is 0.0940. The van der Waals surface area contributed by atoms with E-state index in [-0.39, 0.29) is 18.5 Å². The van der Waals surface area contributed by atoms with E-state index in [4.69, 9.17) is 0 Å². The molecule has 1 atom stereocenters. The van der Waals surface area contributed by atoms with Crippen LogP contribution in [0.5, 0.6) is 0 Å². The van der Waals surface area contributed by atoms with Crippen LogP contribution in [0.4, 0.5) is 8.78 Å². The molecule has 1 aromatic heterocycles. The van der Waals surface area contributed by atoms with Gasteiger partial charge in [0.05, 0.1) is 12.6 Å². The maximum Gasteiger partial charge on any atom is 0.251 e. The summed E-state index contributed by atoms with van der Waals surface area (Å²) in [5, 5.41) is 6.23. The fourth-order valence-electron chi connectivity index (χ4n) is 4.30. The first-order valence-electron chi connectivity index (χ1n) is 10.8. The number of rotatable bonds is 5. The minimum absolute atomic E-state index is 0.158. The molecule has 0 fully saturated rings. The molecule has 4 aromatic carbocycles. The number of hydrogen-bond donors (Lipinski definition) is 1. The summed E-state index contributed by atoms with van der Waals surface area (Å²) in [4.78, 5) is 13.0. The van der Waals surface area contributed by atoms with Crippen molar-refractivity contribution in [3.05, 3.63) is 119 Å².